The van der Waals surface area contributed by atoms with Gasteiger partial charge in [-0.05, 0) is 51.0 Å². The highest BCUT2D eigenvalue weighted by atomic mass is 16.7. The van der Waals surface area contributed by atoms with Crippen molar-refractivity contribution < 1.29 is 39.4 Å². The van der Waals surface area contributed by atoms with Gasteiger partial charge in [-0.15, -0.1) is 0 Å². The van der Waals surface area contributed by atoms with E-state index in [2.05, 4.69) is 6.08 Å². The Bertz CT molecular complexity index is 584. The first kappa shape index (κ1) is 26.0. The van der Waals surface area contributed by atoms with Crippen molar-refractivity contribution in [3.63, 3.8) is 0 Å². The number of aliphatic hydroxyl groups is 4. The summed E-state index contributed by atoms with van der Waals surface area (Å²) in [4.78, 5) is 0. The van der Waals surface area contributed by atoms with Gasteiger partial charge in [-0.3, -0.25) is 0 Å². The third-order valence-electron chi connectivity index (χ3n) is 7.09. The Kier molecular flexibility index (Phi) is 9.94. The van der Waals surface area contributed by atoms with E-state index < -0.39 is 24.1 Å². The van der Waals surface area contributed by atoms with Crippen LogP contribution < -0.4 is 0 Å². The third-order valence-corrected chi connectivity index (χ3v) is 7.09. The molecule has 1 spiro atoms. The van der Waals surface area contributed by atoms with Gasteiger partial charge in [0.05, 0.1) is 43.2 Å². The summed E-state index contributed by atoms with van der Waals surface area (Å²) < 4.78 is 23.8. The fourth-order valence-electron chi connectivity index (χ4n) is 5.23. The summed E-state index contributed by atoms with van der Waals surface area (Å²) in [6.07, 6.45) is 7.77. The molecule has 8 heteroatoms. The van der Waals surface area contributed by atoms with E-state index in [1.54, 1.807) is 7.11 Å². The van der Waals surface area contributed by atoms with Gasteiger partial charge in [0.1, 0.15) is 6.10 Å². The number of ether oxygens (including phenoxy) is 4. The lowest BCUT2D eigenvalue weighted by Gasteiger charge is -2.46. The van der Waals surface area contributed by atoms with Gasteiger partial charge in [0.25, 0.3) is 0 Å². The van der Waals surface area contributed by atoms with Crippen LogP contribution in [0.3, 0.4) is 0 Å². The molecule has 8 nitrogen and oxygen atoms in total. The zero-order valence-electron chi connectivity index (χ0n) is 19.5. The van der Waals surface area contributed by atoms with E-state index in [1.165, 1.54) is 0 Å². The highest BCUT2D eigenvalue weighted by molar-refractivity contribution is 5.07. The average Bonchev–Trinajstić information content (AvgIpc) is 2.76. The van der Waals surface area contributed by atoms with Crippen molar-refractivity contribution >= 4 is 0 Å². The van der Waals surface area contributed by atoms with Crippen molar-refractivity contribution in [3.05, 3.63) is 12.2 Å². The summed E-state index contributed by atoms with van der Waals surface area (Å²) in [6.45, 7) is 2.01. The number of aliphatic hydroxyl groups excluding tert-OH is 4. The van der Waals surface area contributed by atoms with Crippen LogP contribution in [0, 0.1) is 5.92 Å². The highest BCUT2D eigenvalue weighted by Gasteiger charge is 2.45. The van der Waals surface area contributed by atoms with Crippen molar-refractivity contribution in [1.82, 2.24) is 0 Å². The lowest BCUT2D eigenvalue weighted by Crippen LogP contribution is -2.53. The second kappa shape index (κ2) is 12.2. The fourth-order valence-corrected chi connectivity index (χ4v) is 5.23. The molecule has 2 saturated heterocycles. The SMILES string of the molecule is CO[C@H]1CC[C@]2(C=C[C@H](C)[C@@H](C[C@@H](O)C[C@H](O)C[C@H]3CCC[C@@H](CCO)O3)O2)O[C@@H]1CO. The molecule has 3 aliphatic rings. The molecule has 0 unspecified atom stereocenters. The van der Waals surface area contributed by atoms with Gasteiger partial charge < -0.3 is 39.4 Å². The molecule has 0 saturated carbocycles. The Hall–Kier alpha value is -0.580. The van der Waals surface area contributed by atoms with Gasteiger partial charge in [0.15, 0.2) is 5.79 Å². The fraction of sp³-hybridized carbons (Fsp3) is 0.917. The summed E-state index contributed by atoms with van der Waals surface area (Å²) in [5.74, 6) is -0.806. The van der Waals surface area contributed by atoms with Crippen LogP contribution in [0.5, 0.6) is 0 Å². The number of methoxy groups -OCH3 is 1. The molecule has 0 aliphatic carbocycles. The van der Waals surface area contributed by atoms with Crippen LogP contribution in [-0.4, -0.2) is 89.3 Å². The molecular weight excluding hydrogens is 416 g/mol. The molecule has 3 heterocycles. The van der Waals surface area contributed by atoms with Crippen LogP contribution in [-0.2, 0) is 18.9 Å². The van der Waals surface area contributed by atoms with Crippen LogP contribution in [0.25, 0.3) is 0 Å². The normalized spacial score (nSPS) is 39.8. The summed E-state index contributed by atoms with van der Waals surface area (Å²) in [6, 6.07) is 0. The Morgan fingerprint density at radius 3 is 2.47 bits per heavy atom. The molecule has 186 valence electrons. The van der Waals surface area contributed by atoms with Crippen LogP contribution in [0.4, 0.5) is 0 Å². The summed E-state index contributed by atoms with van der Waals surface area (Å²) >= 11 is 0. The minimum absolute atomic E-state index is 0.0293. The smallest absolute Gasteiger partial charge is 0.188 e. The van der Waals surface area contributed by atoms with Gasteiger partial charge in [-0.1, -0.05) is 13.0 Å². The number of hydrogen-bond acceptors (Lipinski definition) is 8. The van der Waals surface area contributed by atoms with Crippen molar-refractivity contribution in [2.24, 2.45) is 5.92 Å². The minimum atomic E-state index is -0.907. The van der Waals surface area contributed by atoms with E-state index in [4.69, 9.17) is 24.1 Å². The number of rotatable bonds is 10. The summed E-state index contributed by atoms with van der Waals surface area (Å²) in [5.41, 5.74) is 0. The maximum absolute atomic E-state index is 10.7. The van der Waals surface area contributed by atoms with Gasteiger partial charge in [0.2, 0.25) is 0 Å². The Morgan fingerprint density at radius 1 is 1.03 bits per heavy atom. The monoisotopic (exact) mass is 458 g/mol. The van der Waals surface area contributed by atoms with E-state index in [0.717, 1.165) is 19.3 Å². The molecule has 2 fully saturated rings. The Labute approximate surface area is 191 Å². The Morgan fingerprint density at radius 2 is 1.75 bits per heavy atom. The first-order chi connectivity index (χ1) is 15.4. The molecule has 0 amide bonds. The zero-order chi connectivity index (χ0) is 23.1. The molecule has 0 aromatic carbocycles. The van der Waals surface area contributed by atoms with E-state index in [-0.39, 0.29) is 50.0 Å². The molecule has 0 aromatic rings. The number of hydrogen-bond donors (Lipinski definition) is 4. The van der Waals surface area contributed by atoms with Gasteiger partial charge in [-0.25, -0.2) is 0 Å². The standard InChI is InChI=1S/C24H42O8/c1-16-6-9-24(10-7-21(29-2)23(15-26)32-24)31-22(16)14-18(28)12-17(27)13-20-5-3-4-19(30-20)8-11-25/h6,9,16-23,25-28H,3-5,7-8,10-15H2,1-2H3/t16-,17-,18-,19-,20+,21-,22+,23+,24-/m0/s1. The van der Waals surface area contributed by atoms with E-state index >= 15 is 0 Å². The average molecular weight is 459 g/mol. The van der Waals surface area contributed by atoms with Crippen LogP contribution in [0.2, 0.25) is 0 Å². The van der Waals surface area contributed by atoms with Gasteiger partial charge >= 0.3 is 0 Å². The molecule has 0 aromatic heterocycles. The summed E-state index contributed by atoms with van der Waals surface area (Å²) in [5, 5.41) is 40.0. The van der Waals surface area contributed by atoms with Gasteiger partial charge in [0, 0.05) is 32.5 Å². The zero-order valence-corrected chi connectivity index (χ0v) is 19.5. The maximum Gasteiger partial charge on any atom is 0.188 e. The second-order valence-electron chi connectivity index (χ2n) is 9.68. The predicted octanol–water partition coefficient (Wildman–Crippen LogP) is 1.67. The topological polar surface area (TPSA) is 118 Å². The predicted molar refractivity (Wildman–Crippen MR) is 118 cm³/mol. The quantitative estimate of drug-likeness (QED) is 0.365. The Balaban J connectivity index is 1.49. The van der Waals surface area contributed by atoms with Crippen molar-refractivity contribution in [2.75, 3.05) is 20.3 Å². The lowest BCUT2D eigenvalue weighted by molar-refractivity contribution is -0.305. The van der Waals surface area contributed by atoms with E-state index in [0.29, 0.717) is 32.1 Å². The van der Waals surface area contributed by atoms with Crippen molar-refractivity contribution in [1.29, 1.82) is 0 Å². The van der Waals surface area contributed by atoms with Crippen LogP contribution in [0.1, 0.15) is 64.7 Å². The van der Waals surface area contributed by atoms with Crippen molar-refractivity contribution in [3.8, 4) is 0 Å². The van der Waals surface area contributed by atoms with Crippen LogP contribution in [0.15, 0.2) is 12.2 Å². The molecule has 0 bridgehead atoms. The molecule has 3 rings (SSSR count). The maximum atomic E-state index is 10.7. The first-order valence-corrected chi connectivity index (χ1v) is 12.2. The molecular formula is C24H42O8. The molecule has 32 heavy (non-hydrogen) atoms. The second-order valence-corrected chi connectivity index (χ2v) is 9.68. The van der Waals surface area contributed by atoms with Gasteiger partial charge in [-0.2, -0.15) is 0 Å². The third kappa shape index (κ3) is 6.96. The first-order valence-electron chi connectivity index (χ1n) is 12.2. The van der Waals surface area contributed by atoms with E-state index in [1.807, 2.05) is 13.0 Å². The van der Waals surface area contributed by atoms with Crippen LogP contribution >= 0.6 is 0 Å². The highest BCUT2D eigenvalue weighted by Crippen LogP contribution is 2.39. The molecule has 3 aliphatic heterocycles. The minimum Gasteiger partial charge on any atom is -0.396 e. The molecule has 4 N–H and O–H groups in total. The van der Waals surface area contributed by atoms with E-state index in [9.17, 15) is 15.3 Å². The van der Waals surface area contributed by atoms with Crippen molar-refractivity contribution in [2.45, 2.75) is 113 Å². The molecule has 9 atom stereocenters. The summed E-state index contributed by atoms with van der Waals surface area (Å²) in [7, 11) is 1.62. The molecule has 0 radical (unpaired) electrons. The largest absolute Gasteiger partial charge is 0.396 e. The lowest BCUT2D eigenvalue weighted by atomic mass is 9.89.